The van der Waals surface area contributed by atoms with E-state index in [-0.39, 0.29) is 11.8 Å². The van der Waals surface area contributed by atoms with Crippen molar-refractivity contribution in [2.45, 2.75) is 38.1 Å². The molecule has 23 heavy (non-hydrogen) atoms. The Bertz CT molecular complexity index is 686. The number of rotatable bonds is 3. The Morgan fingerprint density at radius 1 is 1.35 bits per heavy atom. The van der Waals surface area contributed by atoms with Crippen molar-refractivity contribution in [2.75, 3.05) is 18.5 Å². The second-order valence-electron chi connectivity index (χ2n) is 6.35. The van der Waals surface area contributed by atoms with Crippen LogP contribution in [0.25, 0.3) is 0 Å². The third-order valence-corrected chi connectivity index (χ3v) is 4.85. The number of nitrogens with zero attached hydrogens (tertiary/aromatic N) is 3. The first kappa shape index (κ1) is 14.4. The van der Waals surface area contributed by atoms with Gasteiger partial charge in [-0.1, -0.05) is 0 Å². The van der Waals surface area contributed by atoms with E-state index in [1.165, 1.54) is 0 Å². The van der Waals surface area contributed by atoms with Gasteiger partial charge in [0.2, 0.25) is 5.91 Å². The summed E-state index contributed by atoms with van der Waals surface area (Å²) in [6, 6.07) is 1.96. The van der Waals surface area contributed by atoms with Gasteiger partial charge in [-0.2, -0.15) is 5.10 Å². The molecule has 2 aromatic rings. The molecule has 2 aliphatic heterocycles. The fourth-order valence-corrected chi connectivity index (χ4v) is 3.44. The lowest BCUT2D eigenvalue weighted by atomic mass is 9.95. The summed E-state index contributed by atoms with van der Waals surface area (Å²) in [5, 5.41) is 10.3. The molecule has 1 amide bonds. The number of aryl methyl sites for hydroxylation is 1. The molecule has 0 radical (unpaired) electrons. The second kappa shape index (κ2) is 6.16. The van der Waals surface area contributed by atoms with Gasteiger partial charge in [0.15, 0.2) is 5.82 Å². The molecule has 1 unspecified atom stereocenters. The van der Waals surface area contributed by atoms with Crippen molar-refractivity contribution in [3.8, 4) is 0 Å². The van der Waals surface area contributed by atoms with E-state index in [1.54, 1.807) is 0 Å². The third kappa shape index (κ3) is 3.01. The largest absolute Gasteiger partial charge is 0.381 e. The molecule has 2 aliphatic rings. The van der Waals surface area contributed by atoms with E-state index in [1.807, 2.05) is 18.6 Å². The summed E-state index contributed by atoms with van der Waals surface area (Å²) in [5.74, 6) is 1.10. The Morgan fingerprint density at radius 3 is 3.09 bits per heavy atom. The zero-order valence-corrected chi connectivity index (χ0v) is 13.0. The van der Waals surface area contributed by atoms with Crippen molar-refractivity contribution in [1.82, 2.24) is 19.7 Å². The summed E-state index contributed by atoms with van der Waals surface area (Å²) < 4.78 is 7.50. The molecule has 122 valence electrons. The van der Waals surface area contributed by atoms with Crippen molar-refractivity contribution in [2.24, 2.45) is 5.92 Å². The average molecular weight is 315 g/mol. The lowest BCUT2D eigenvalue weighted by Gasteiger charge is -2.22. The molecule has 7 nitrogen and oxygen atoms in total. The first-order valence-corrected chi connectivity index (χ1v) is 8.22. The lowest BCUT2D eigenvalue weighted by Crippen LogP contribution is -2.30. The van der Waals surface area contributed by atoms with E-state index in [0.717, 1.165) is 56.8 Å². The van der Waals surface area contributed by atoms with Crippen LogP contribution >= 0.6 is 0 Å². The Labute approximate surface area is 134 Å². The van der Waals surface area contributed by atoms with Crippen molar-refractivity contribution < 1.29 is 9.53 Å². The van der Waals surface area contributed by atoms with Crippen LogP contribution in [0.2, 0.25) is 0 Å². The van der Waals surface area contributed by atoms with Gasteiger partial charge >= 0.3 is 0 Å². The van der Waals surface area contributed by atoms with E-state index in [2.05, 4.69) is 25.1 Å². The Kier molecular flexibility index (Phi) is 3.87. The van der Waals surface area contributed by atoms with Crippen LogP contribution in [0.1, 0.15) is 36.6 Å². The normalized spacial score (nSPS) is 21.8. The number of carbonyl (C=O) groups excluding carboxylic acids is 1. The minimum Gasteiger partial charge on any atom is -0.381 e. The molecule has 0 spiro atoms. The van der Waals surface area contributed by atoms with Crippen LogP contribution < -0.4 is 5.32 Å². The maximum Gasteiger partial charge on any atom is 0.229 e. The lowest BCUT2D eigenvalue weighted by molar-refractivity contribution is -0.120. The first-order chi connectivity index (χ1) is 11.3. The quantitative estimate of drug-likeness (QED) is 0.903. The van der Waals surface area contributed by atoms with Crippen molar-refractivity contribution in [3.63, 3.8) is 0 Å². The van der Waals surface area contributed by atoms with Gasteiger partial charge in [-0.05, 0) is 19.3 Å². The zero-order chi connectivity index (χ0) is 15.6. The minimum absolute atomic E-state index is 0.0116. The Morgan fingerprint density at radius 2 is 2.22 bits per heavy atom. The summed E-state index contributed by atoms with van der Waals surface area (Å²) in [5.41, 5.74) is 2.21. The number of anilines is 1. The van der Waals surface area contributed by atoms with E-state index < -0.39 is 0 Å². The molecule has 4 rings (SSSR count). The maximum atomic E-state index is 12.5. The molecule has 2 aromatic heterocycles. The van der Waals surface area contributed by atoms with Crippen LogP contribution in [-0.2, 0) is 22.5 Å². The number of nitrogens with one attached hydrogen (secondary N) is 2. The molecule has 1 saturated heterocycles. The zero-order valence-electron chi connectivity index (χ0n) is 13.0. The van der Waals surface area contributed by atoms with Gasteiger partial charge in [0.1, 0.15) is 0 Å². The van der Waals surface area contributed by atoms with E-state index >= 15 is 0 Å². The molecule has 2 N–H and O–H groups in total. The van der Waals surface area contributed by atoms with Gasteiger partial charge in [-0.25, -0.2) is 4.98 Å². The molecule has 0 aliphatic carbocycles. The molecule has 0 aromatic carbocycles. The van der Waals surface area contributed by atoms with Crippen molar-refractivity contribution in [1.29, 1.82) is 0 Å². The molecular formula is C16H21N5O2. The first-order valence-electron chi connectivity index (χ1n) is 8.22. The van der Waals surface area contributed by atoms with E-state index in [4.69, 9.17) is 4.74 Å². The number of H-pyrrole nitrogens is 1. The highest BCUT2D eigenvalue weighted by atomic mass is 16.5. The predicted molar refractivity (Wildman–Crippen MR) is 84.0 cm³/mol. The number of ether oxygens (including phenoxy) is 1. The second-order valence-corrected chi connectivity index (χ2v) is 6.35. The molecular weight excluding hydrogens is 294 g/mol. The Hall–Kier alpha value is -2.15. The molecule has 4 heterocycles. The van der Waals surface area contributed by atoms with Crippen LogP contribution in [0.15, 0.2) is 18.6 Å². The fraction of sp³-hybridized carbons (Fsp3) is 0.562. The van der Waals surface area contributed by atoms with Crippen LogP contribution in [0.5, 0.6) is 0 Å². The molecule has 1 atom stereocenters. The molecule has 1 fully saturated rings. The third-order valence-electron chi connectivity index (χ3n) is 4.85. The minimum atomic E-state index is -0.0116. The summed E-state index contributed by atoms with van der Waals surface area (Å²) in [6.45, 7) is 2.43. The van der Waals surface area contributed by atoms with Gasteiger partial charge in [0.25, 0.3) is 0 Å². The maximum absolute atomic E-state index is 12.5. The summed E-state index contributed by atoms with van der Waals surface area (Å²) in [4.78, 5) is 16.6. The van der Waals surface area contributed by atoms with Gasteiger partial charge in [0.05, 0.1) is 6.33 Å². The number of aromatic amines is 1. The van der Waals surface area contributed by atoms with Crippen LogP contribution in [0.4, 0.5) is 5.82 Å². The Balaban J connectivity index is 1.38. The number of fused-ring (bicyclic) bond motifs is 1. The average Bonchev–Trinajstić information content (AvgIpc) is 3.24. The summed E-state index contributed by atoms with van der Waals surface area (Å²) in [7, 11) is 0. The van der Waals surface area contributed by atoms with Crippen LogP contribution in [0.3, 0.4) is 0 Å². The van der Waals surface area contributed by atoms with Crippen LogP contribution in [-0.4, -0.2) is 38.9 Å². The molecule has 0 bridgehead atoms. The number of aromatic nitrogens is 4. The fourth-order valence-electron chi connectivity index (χ4n) is 3.44. The topological polar surface area (TPSA) is 84.8 Å². The van der Waals surface area contributed by atoms with E-state index in [0.29, 0.717) is 11.7 Å². The number of hydrogen-bond donors (Lipinski definition) is 2. The van der Waals surface area contributed by atoms with E-state index in [9.17, 15) is 4.79 Å². The highest BCUT2D eigenvalue weighted by Gasteiger charge is 2.26. The molecule has 0 saturated carbocycles. The van der Waals surface area contributed by atoms with Gasteiger partial charge in [-0.15, -0.1) is 0 Å². The smallest absolute Gasteiger partial charge is 0.229 e. The van der Waals surface area contributed by atoms with Gasteiger partial charge < -0.3 is 14.6 Å². The number of imidazole rings is 1. The molecule has 7 heteroatoms. The van der Waals surface area contributed by atoms with Crippen LogP contribution in [0, 0.1) is 5.92 Å². The van der Waals surface area contributed by atoms with Crippen molar-refractivity contribution in [3.05, 3.63) is 30.0 Å². The number of carbonyl (C=O) groups is 1. The summed E-state index contributed by atoms with van der Waals surface area (Å²) in [6.07, 6.45) is 7.26. The van der Waals surface area contributed by atoms with Crippen molar-refractivity contribution >= 4 is 11.7 Å². The van der Waals surface area contributed by atoms with Gasteiger partial charge in [0, 0.05) is 61.7 Å². The highest BCUT2D eigenvalue weighted by molar-refractivity contribution is 5.91. The number of hydrogen-bond acceptors (Lipinski definition) is 4. The predicted octanol–water partition coefficient (Wildman–Crippen LogP) is 1.70. The standard InChI is InChI=1S/C16H21N5O2/c22-16(12-1-4-21-10-17-9-13(21)7-12)18-15-8-14(19-20-15)11-2-5-23-6-3-11/h8-12H,1-7H2,(H2,18,19,20,22). The highest BCUT2D eigenvalue weighted by Crippen LogP contribution is 2.27. The summed E-state index contributed by atoms with van der Waals surface area (Å²) >= 11 is 0. The monoisotopic (exact) mass is 315 g/mol. The van der Waals surface area contributed by atoms with Gasteiger partial charge in [-0.3, -0.25) is 9.89 Å². The SMILES string of the molecule is O=C(Nc1cc(C2CCOCC2)[nH]n1)C1CCn2cncc2C1. The number of amides is 1.